The molecule has 1 amide bonds. The molecule has 2 aliphatic heterocycles. The number of nitrogens with zero attached hydrogens (tertiary/aromatic N) is 5. The minimum absolute atomic E-state index is 0.212. The molecule has 0 radical (unpaired) electrons. The Labute approximate surface area is 153 Å². The molecule has 4 rings (SSSR count). The fourth-order valence-corrected chi connectivity index (χ4v) is 3.60. The summed E-state index contributed by atoms with van der Waals surface area (Å²) in [7, 11) is 0. The zero-order chi connectivity index (χ0) is 17.9. The average molecular weight is 355 g/mol. The van der Waals surface area contributed by atoms with E-state index in [9.17, 15) is 4.79 Å². The standard InChI is InChI=1S/C19H25N5O2/c1-15-19(21-17-5-3-2-4-16(17)20-15)24-8-6-22(7-9-24)14-18(25)23-10-12-26-13-11-23/h2-5H,6-14H2,1H3. The van der Waals surface area contributed by atoms with Crippen molar-refractivity contribution >= 4 is 22.8 Å². The number of carbonyl (C=O) groups excluding carboxylic acids is 1. The van der Waals surface area contributed by atoms with Crippen molar-refractivity contribution in [3.63, 3.8) is 0 Å². The summed E-state index contributed by atoms with van der Waals surface area (Å²) in [6.45, 7) is 8.70. The molecule has 3 heterocycles. The van der Waals surface area contributed by atoms with Gasteiger partial charge in [0.15, 0.2) is 5.82 Å². The number of piperazine rings is 1. The molecule has 138 valence electrons. The van der Waals surface area contributed by atoms with Gasteiger partial charge in [0.1, 0.15) is 0 Å². The predicted molar refractivity (Wildman–Crippen MR) is 100 cm³/mol. The Morgan fingerprint density at radius 1 is 1.00 bits per heavy atom. The van der Waals surface area contributed by atoms with Gasteiger partial charge in [0.25, 0.3) is 0 Å². The van der Waals surface area contributed by atoms with Gasteiger partial charge in [0.2, 0.25) is 5.91 Å². The van der Waals surface area contributed by atoms with E-state index in [0.717, 1.165) is 48.7 Å². The normalized spacial score (nSPS) is 19.1. The zero-order valence-electron chi connectivity index (χ0n) is 15.2. The number of hydrogen-bond acceptors (Lipinski definition) is 6. The number of anilines is 1. The highest BCUT2D eigenvalue weighted by atomic mass is 16.5. The molecule has 7 nitrogen and oxygen atoms in total. The van der Waals surface area contributed by atoms with Crippen LogP contribution in [0.15, 0.2) is 24.3 Å². The van der Waals surface area contributed by atoms with Gasteiger partial charge >= 0.3 is 0 Å². The molecule has 0 aliphatic carbocycles. The fourth-order valence-electron chi connectivity index (χ4n) is 3.60. The van der Waals surface area contributed by atoms with E-state index in [-0.39, 0.29) is 5.91 Å². The van der Waals surface area contributed by atoms with E-state index >= 15 is 0 Å². The van der Waals surface area contributed by atoms with Crippen LogP contribution < -0.4 is 4.90 Å². The van der Waals surface area contributed by atoms with Crippen LogP contribution in [0.5, 0.6) is 0 Å². The van der Waals surface area contributed by atoms with Crippen LogP contribution in [0.3, 0.4) is 0 Å². The van der Waals surface area contributed by atoms with Crippen LogP contribution in [0, 0.1) is 6.92 Å². The van der Waals surface area contributed by atoms with Crippen molar-refractivity contribution in [2.45, 2.75) is 6.92 Å². The Morgan fingerprint density at radius 2 is 1.65 bits per heavy atom. The molecule has 1 aromatic carbocycles. The number of morpholine rings is 1. The first-order chi connectivity index (χ1) is 12.7. The van der Waals surface area contributed by atoms with Gasteiger partial charge in [-0.15, -0.1) is 0 Å². The molecule has 0 bridgehead atoms. The van der Waals surface area contributed by atoms with E-state index in [1.165, 1.54) is 0 Å². The van der Waals surface area contributed by atoms with Crippen LogP contribution in [-0.2, 0) is 9.53 Å². The van der Waals surface area contributed by atoms with Crippen LogP contribution >= 0.6 is 0 Å². The summed E-state index contributed by atoms with van der Waals surface area (Å²) < 4.78 is 5.32. The average Bonchev–Trinajstić information content (AvgIpc) is 2.69. The molecular weight excluding hydrogens is 330 g/mol. The van der Waals surface area contributed by atoms with Crippen molar-refractivity contribution in [2.24, 2.45) is 0 Å². The van der Waals surface area contributed by atoms with Gasteiger partial charge in [-0.3, -0.25) is 9.69 Å². The van der Waals surface area contributed by atoms with Crippen LogP contribution in [0.4, 0.5) is 5.82 Å². The largest absolute Gasteiger partial charge is 0.378 e. The molecule has 0 saturated carbocycles. The number of para-hydroxylation sites is 2. The first-order valence-electron chi connectivity index (χ1n) is 9.27. The maximum atomic E-state index is 12.4. The van der Waals surface area contributed by atoms with Gasteiger partial charge in [-0.05, 0) is 19.1 Å². The lowest BCUT2D eigenvalue weighted by molar-refractivity contribution is -0.136. The van der Waals surface area contributed by atoms with Crippen LogP contribution in [0.25, 0.3) is 11.0 Å². The molecule has 7 heteroatoms. The molecule has 2 aromatic rings. The van der Waals surface area contributed by atoms with E-state index in [1.807, 2.05) is 36.1 Å². The number of rotatable bonds is 3. The molecule has 2 fully saturated rings. The third-order valence-electron chi connectivity index (χ3n) is 5.11. The Kier molecular flexibility index (Phi) is 4.99. The summed E-state index contributed by atoms with van der Waals surface area (Å²) in [5.41, 5.74) is 2.82. The first kappa shape index (κ1) is 17.2. The van der Waals surface area contributed by atoms with E-state index in [1.54, 1.807) is 0 Å². The van der Waals surface area contributed by atoms with Crippen LogP contribution in [0.2, 0.25) is 0 Å². The predicted octanol–water partition coefficient (Wildman–Crippen LogP) is 0.919. The number of amides is 1. The summed E-state index contributed by atoms with van der Waals surface area (Å²) in [5, 5.41) is 0. The molecule has 0 unspecified atom stereocenters. The number of aromatic nitrogens is 2. The third kappa shape index (κ3) is 3.64. The quantitative estimate of drug-likeness (QED) is 0.816. The summed E-state index contributed by atoms with van der Waals surface area (Å²) in [4.78, 5) is 28.3. The van der Waals surface area contributed by atoms with Gasteiger partial charge in [-0.25, -0.2) is 9.97 Å². The van der Waals surface area contributed by atoms with E-state index in [2.05, 4.69) is 14.8 Å². The van der Waals surface area contributed by atoms with Gasteiger partial charge in [-0.1, -0.05) is 12.1 Å². The van der Waals surface area contributed by atoms with Crippen molar-refractivity contribution in [3.05, 3.63) is 30.0 Å². The van der Waals surface area contributed by atoms with Gasteiger partial charge in [0.05, 0.1) is 36.5 Å². The highest BCUT2D eigenvalue weighted by molar-refractivity contribution is 5.78. The summed E-state index contributed by atoms with van der Waals surface area (Å²) in [6, 6.07) is 7.97. The second kappa shape index (κ2) is 7.55. The smallest absolute Gasteiger partial charge is 0.236 e. The van der Waals surface area contributed by atoms with E-state index in [0.29, 0.717) is 32.8 Å². The van der Waals surface area contributed by atoms with Gasteiger partial charge in [-0.2, -0.15) is 0 Å². The molecule has 0 atom stereocenters. The lowest BCUT2D eigenvalue weighted by Crippen LogP contribution is -2.51. The number of hydrogen-bond donors (Lipinski definition) is 0. The molecule has 2 aliphatic rings. The zero-order valence-corrected chi connectivity index (χ0v) is 15.2. The highest BCUT2D eigenvalue weighted by Gasteiger charge is 2.24. The Hall–Kier alpha value is -2.25. The van der Waals surface area contributed by atoms with Gasteiger partial charge in [0, 0.05) is 39.3 Å². The fraction of sp³-hybridized carbons (Fsp3) is 0.526. The first-order valence-corrected chi connectivity index (χ1v) is 9.27. The van der Waals surface area contributed by atoms with Crippen LogP contribution in [-0.4, -0.2) is 84.7 Å². The second-order valence-electron chi connectivity index (χ2n) is 6.88. The van der Waals surface area contributed by atoms with Crippen molar-refractivity contribution in [1.82, 2.24) is 19.8 Å². The topological polar surface area (TPSA) is 61.8 Å². The van der Waals surface area contributed by atoms with Crippen molar-refractivity contribution in [3.8, 4) is 0 Å². The maximum Gasteiger partial charge on any atom is 0.236 e. The van der Waals surface area contributed by atoms with Crippen molar-refractivity contribution < 1.29 is 9.53 Å². The summed E-state index contributed by atoms with van der Waals surface area (Å²) in [5.74, 6) is 1.17. The van der Waals surface area contributed by atoms with E-state index < -0.39 is 0 Å². The maximum absolute atomic E-state index is 12.4. The molecule has 26 heavy (non-hydrogen) atoms. The Bertz CT molecular complexity index is 783. The second-order valence-corrected chi connectivity index (χ2v) is 6.88. The Morgan fingerprint density at radius 3 is 2.35 bits per heavy atom. The summed E-state index contributed by atoms with van der Waals surface area (Å²) >= 11 is 0. The van der Waals surface area contributed by atoms with Crippen LogP contribution in [0.1, 0.15) is 5.69 Å². The number of ether oxygens (including phenoxy) is 1. The number of benzene rings is 1. The summed E-state index contributed by atoms with van der Waals surface area (Å²) in [6.07, 6.45) is 0. The molecule has 0 N–H and O–H groups in total. The minimum Gasteiger partial charge on any atom is -0.378 e. The molecular formula is C19H25N5O2. The monoisotopic (exact) mass is 355 g/mol. The lowest BCUT2D eigenvalue weighted by atomic mass is 10.2. The molecule has 0 spiro atoms. The highest BCUT2D eigenvalue weighted by Crippen LogP contribution is 2.21. The SMILES string of the molecule is Cc1nc2ccccc2nc1N1CCN(CC(=O)N2CCOCC2)CC1. The van der Waals surface area contributed by atoms with Gasteiger partial charge < -0.3 is 14.5 Å². The molecule has 1 aromatic heterocycles. The van der Waals surface area contributed by atoms with E-state index in [4.69, 9.17) is 9.72 Å². The number of aryl methyl sites for hydroxylation is 1. The third-order valence-corrected chi connectivity index (χ3v) is 5.11. The van der Waals surface area contributed by atoms with Crippen molar-refractivity contribution in [1.29, 1.82) is 0 Å². The minimum atomic E-state index is 0.212. The number of carbonyl (C=O) groups is 1. The molecule has 2 saturated heterocycles. The Balaban J connectivity index is 1.37. The number of fused-ring (bicyclic) bond motifs is 1. The van der Waals surface area contributed by atoms with Crippen molar-refractivity contribution in [2.75, 3.05) is 63.9 Å². The lowest BCUT2D eigenvalue weighted by Gasteiger charge is -2.36.